The minimum Gasteiger partial charge on any atom is -0.350 e. The monoisotopic (exact) mass is 330 g/mol. The molecule has 0 saturated carbocycles. The van der Waals surface area contributed by atoms with Crippen LogP contribution >= 0.6 is 11.6 Å². The second kappa shape index (κ2) is 7.29. The highest BCUT2D eigenvalue weighted by atomic mass is 35.5. The largest absolute Gasteiger partial charge is 0.350 e. The summed E-state index contributed by atoms with van der Waals surface area (Å²) in [5.74, 6) is -0.483. The van der Waals surface area contributed by atoms with Gasteiger partial charge in [0.1, 0.15) is 0 Å². The summed E-state index contributed by atoms with van der Waals surface area (Å²) in [6.07, 6.45) is 0. The van der Waals surface area contributed by atoms with Gasteiger partial charge >= 0.3 is 0 Å². The first-order valence-corrected chi connectivity index (χ1v) is 7.73. The Hall–Kier alpha value is -2.33. The molecule has 2 N–H and O–H groups in total. The van der Waals surface area contributed by atoms with E-state index >= 15 is 0 Å². The van der Waals surface area contributed by atoms with Gasteiger partial charge in [0.15, 0.2) is 0 Å². The summed E-state index contributed by atoms with van der Waals surface area (Å²) in [5, 5.41) is 6.17. The summed E-state index contributed by atoms with van der Waals surface area (Å²) in [4.78, 5) is 24.4. The van der Waals surface area contributed by atoms with Crippen LogP contribution in [0.25, 0.3) is 0 Å². The molecule has 0 saturated heterocycles. The SMILES string of the molecule is Cc1ccc(Cl)cc1NC(=O)c1cccc(C(=O)NC(C)C)c1. The van der Waals surface area contributed by atoms with Gasteiger partial charge in [-0.25, -0.2) is 0 Å². The van der Waals surface area contributed by atoms with Crippen molar-refractivity contribution in [1.29, 1.82) is 0 Å². The van der Waals surface area contributed by atoms with Crippen molar-refractivity contribution in [1.82, 2.24) is 5.32 Å². The van der Waals surface area contributed by atoms with Crippen molar-refractivity contribution in [2.24, 2.45) is 0 Å². The molecule has 0 aromatic heterocycles. The number of amides is 2. The minimum atomic E-state index is -0.283. The van der Waals surface area contributed by atoms with Crippen LogP contribution in [0.3, 0.4) is 0 Å². The molecule has 0 heterocycles. The van der Waals surface area contributed by atoms with Crippen molar-refractivity contribution in [3.63, 3.8) is 0 Å². The second-order valence-corrected chi connectivity index (χ2v) is 6.06. The quantitative estimate of drug-likeness (QED) is 0.888. The average Bonchev–Trinajstić information content (AvgIpc) is 2.50. The van der Waals surface area contributed by atoms with E-state index in [-0.39, 0.29) is 17.9 Å². The Labute approximate surface area is 140 Å². The Morgan fingerprint density at radius 1 is 1.00 bits per heavy atom. The van der Waals surface area contributed by atoms with Crippen LogP contribution in [0, 0.1) is 6.92 Å². The number of carbonyl (C=O) groups excluding carboxylic acids is 2. The van der Waals surface area contributed by atoms with E-state index < -0.39 is 0 Å². The van der Waals surface area contributed by atoms with Gasteiger partial charge in [-0.05, 0) is 56.7 Å². The van der Waals surface area contributed by atoms with Crippen molar-refractivity contribution < 1.29 is 9.59 Å². The Morgan fingerprint density at radius 3 is 2.30 bits per heavy atom. The zero-order valence-corrected chi connectivity index (χ0v) is 14.1. The van der Waals surface area contributed by atoms with E-state index in [2.05, 4.69) is 10.6 Å². The maximum atomic E-state index is 12.4. The smallest absolute Gasteiger partial charge is 0.255 e. The summed E-state index contributed by atoms with van der Waals surface area (Å²) < 4.78 is 0. The first kappa shape index (κ1) is 17.0. The van der Waals surface area contributed by atoms with E-state index in [4.69, 9.17) is 11.6 Å². The van der Waals surface area contributed by atoms with Crippen LogP contribution in [0.15, 0.2) is 42.5 Å². The standard InChI is InChI=1S/C18H19ClN2O2/c1-11(2)20-17(22)13-5-4-6-14(9-13)18(23)21-16-10-15(19)8-7-12(16)3/h4-11H,1-3H3,(H,20,22)(H,21,23). The maximum Gasteiger partial charge on any atom is 0.255 e. The number of halogens is 1. The van der Waals surface area contributed by atoms with Gasteiger partial charge in [-0.2, -0.15) is 0 Å². The zero-order valence-electron chi connectivity index (χ0n) is 13.3. The number of hydrogen-bond donors (Lipinski definition) is 2. The Kier molecular flexibility index (Phi) is 5.40. The van der Waals surface area contributed by atoms with Gasteiger partial charge in [0.2, 0.25) is 0 Å². The lowest BCUT2D eigenvalue weighted by molar-refractivity contribution is 0.0943. The van der Waals surface area contributed by atoms with Crippen LogP contribution in [0.5, 0.6) is 0 Å². The summed E-state index contributed by atoms with van der Waals surface area (Å²) >= 11 is 5.96. The molecule has 2 rings (SSSR count). The van der Waals surface area contributed by atoms with Crippen LogP contribution in [-0.2, 0) is 0 Å². The molecular formula is C18H19ClN2O2. The normalized spacial score (nSPS) is 10.5. The number of hydrogen-bond acceptors (Lipinski definition) is 2. The molecular weight excluding hydrogens is 312 g/mol. The maximum absolute atomic E-state index is 12.4. The number of anilines is 1. The van der Waals surface area contributed by atoms with Gasteiger partial charge in [0.25, 0.3) is 11.8 Å². The molecule has 0 fully saturated rings. The number of aryl methyl sites for hydroxylation is 1. The van der Waals surface area contributed by atoms with Crippen molar-refractivity contribution in [2.75, 3.05) is 5.32 Å². The Bertz CT molecular complexity index is 742. The molecule has 0 unspecified atom stereocenters. The molecule has 4 nitrogen and oxygen atoms in total. The van der Waals surface area contributed by atoms with Crippen molar-refractivity contribution in [3.8, 4) is 0 Å². The lowest BCUT2D eigenvalue weighted by atomic mass is 10.1. The Balaban J connectivity index is 2.20. The molecule has 120 valence electrons. The van der Waals surface area contributed by atoms with Crippen LogP contribution in [-0.4, -0.2) is 17.9 Å². The highest BCUT2D eigenvalue weighted by molar-refractivity contribution is 6.31. The van der Waals surface area contributed by atoms with Gasteiger partial charge < -0.3 is 10.6 Å². The molecule has 2 aromatic carbocycles. The molecule has 0 aliphatic carbocycles. The third-order valence-corrected chi connectivity index (χ3v) is 3.49. The molecule has 0 atom stereocenters. The van der Waals surface area contributed by atoms with Gasteiger partial charge in [0.05, 0.1) is 0 Å². The molecule has 0 aliphatic heterocycles. The van der Waals surface area contributed by atoms with Crippen molar-refractivity contribution >= 4 is 29.1 Å². The van der Waals surface area contributed by atoms with Gasteiger partial charge in [-0.3, -0.25) is 9.59 Å². The first-order chi connectivity index (χ1) is 10.9. The van der Waals surface area contributed by atoms with E-state index in [1.54, 1.807) is 36.4 Å². The molecule has 23 heavy (non-hydrogen) atoms. The number of benzene rings is 2. The zero-order chi connectivity index (χ0) is 17.0. The van der Waals surface area contributed by atoms with E-state index in [9.17, 15) is 9.59 Å². The summed E-state index contributed by atoms with van der Waals surface area (Å²) in [5.41, 5.74) is 2.44. The molecule has 2 amide bonds. The number of nitrogens with one attached hydrogen (secondary N) is 2. The van der Waals surface area contributed by atoms with Crippen LogP contribution in [0.2, 0.25) is 5.02 Å². The first-order valence-electron chi connectivity index (χ1n) is 7.35. The number of rotatable bonds is 4. The third-order valence-electron chi connectivity index (χ3n) is 3.25. The third kappa shape index (κ3) is 4.57. The van der Waals surface area contributed by atoms with Gasteiger partial charge in [-0.1, -0.05) is 23.7 Å². The van der Waals surface area contributed by atoms with Crippen molar-refractivity contribution in [3.05, 3.63) is 64.2 Å². The van der Waals surface area contributed by atoms with E-state index in [0.29, 0.717) is 21.8 Å². The topological polar surface area (TPSA) is 58.2 Å². The molecule has 0 bridgehead atoms. The van der Waals surface area contributed by atoms with Crippen LogP contribution in [0.4, 0.5) is 5.69 Å². The second-order valence-electron chi connectivity index (χ2n) is 5.62. The molecule has 2 aromatic rings. The van der Waals surface area contributed by atoms with Crippen LogP contribution < -0.4 is 10.6 Å². The molecule has 0 aliphatic rings. The van der Waals surface area contributed by atoms with Gasteiger partial charge in [-0.15, -0.1) is 0 Å². The minimum absolute atomic E-state index is 0.0362. The number of carbonyl (C=O) groups is 2. The predicted octanol–water partition coefficient (Wildman–Crippen LogP) is 4.04. The summed E-state index contributed by atoms with van der Waals surface area (Å²) in [7, 11) is 0. The van der Waals surface area contributed by atoms with E-state index in [0.717, 1.165) is 5.56 Å². The molecule has 0 radical (unpaired) electrons. The lowest BCUT2D eigenvalue weighted by Gasteiger charge is -2.11. The van der Waals surface area contributed by atoms with Crippen LogP contribution in [0.1, 0.15) is 40.1 Å². The fourth-order valence-corrected chi connectivity index (χ4v) is 2.24. The molecule has 0 spiro atoms. The van der Waals surface area contributed by atoms with Gasteiger partial charge in [0, 0.05) is 27.9 Å². The fraction of sp³-hybridized carbons (Fsp3) is 0.222. The summed E-state index contributed by atoms with van der Waals surface area (Å²) in [6, 6.07) is 12.0. The molecule has 5 heteroatoms. The highest BCUT2D eigenvalue weighted by Gasteiger charge is 2.12. The van der Waals surface area contributed by atoms with E-state index in [1.165, 1.54) is 0 Å². The van der Waals surface area contributed by atoms with E-state index in [1.807, 2.05) is 26.8 Å². The average molecular weight is 331 g/mol. The lowest BCUT2D eigenvalue weighted by Crippen LogP contribution is -2.30. The summed E-state index contributed by atoms with van der Waals surface area (Å²) in [6.45, 7) is 5.66. The Morgan fingerprint density at radius 2 is 1.65 bits per heavy atom. The van der Waals surface area contributed by atoms with Crippen molar-refractivity contribution in [2.45, 2.75) is 26.8 Å². The highest BCUT2D eigenvalue weighted by Crippen LogP contribution is 2.21. The predicted molar refractivity (Wildman–Crippen MR) is 93.2 cm³/mol. The fourth-order valence-electron chi connectivity index (χ4n) is 2.07.